The highest BCUT2D eigenvalue weighted by molar-refractivity contribution is 7.99. The third kappa shape index (κ3) is 5.12. The van der Waals surface area contributed by atoms with E-state index >= 15 is 0 Å². The standard InChI is InChI=1S/C22H18Cl2N4O2S/c1-28-20(12-30-19-10-9-15(23)11-17(19)24)26-27-22(28)31-13-21(29)25-18-8-4-6-14-5-2-3-7-16(14)18/h2-11H,12-13H2,1H3,(H,25,29). The van der Waals surface area contributed by atoms with Gasteiger partial charge in [0.2, 0.25) is 5.91 Å². The lowest BCUT2D eigenvalue weighted by Gasteiger charge is -2.09. The number of hydrogen-bond acceptors (Lipinski definition) is 5. The number of anilines is 1. The zero-order valence-corrected chi connectivity index (χ0v) is 18.8. The van der Waals surface area contributed by atoms with Crippen LogP contribution in [0.2, 0.25) is 10.0 Å². The molecule has 31 heavy (non-hydrogen) atoms. The van der Waals surface area contributed by atoms with Crippen molar-refractivity contribution in [1.82, 2.24) is 14.8 Å². The summed E-state index contributed by atoms with van der Waals surface area (Å²) in [6.07, 6.45) is 0. The average Bonchev–Trinajstić information content (AvgIpc) is 3.11. The lowest BCUT2D eigenvalue weighted by molar-refractivity contribution is -0.113. The Morgan fingerprint density at radius 2 is 1.90 bits per heavy atom. The summed E-state index contributed by atoms with van der Waals surface area (Å²) in [6.45, 7) is 0.188. The van der Waals surface area contributed by atoms with Crippen LogP contribution in [0.1, 0.15) is 5.82 Å². The molecule has 9 heteroatoms. The molecule has 0 saturated carbocycles. The van der Waals surface area contributed by atoms with Gasteiger partial charge in [-0.1, -0.05) is 71.4 Å². The predicted molar refractivity (Wildman–Crippen MR) is 125 cm³/mol. The number of thioether (sulfide) groups is 1. The second kappa shape index (κ2) is 9.60. The highest BCUT2D eigenvalue weighted by atomic mass is 35.5. The van der Waals surface area contributed by atoms with Gasteiger partial charge in [-0.2, -0.15) is 0 Å². The van der Waals surface area contributed by atoms with Crippen molar-refractivity contribution >= 4 is 57.3 Å². The fraction of sp³-hybridized carbons (Fsp3) is 0.136. The summed E-state index contributed by atoms with van der Waals surface area (Å²) in [4.78, 5) is 12.5. The van der Waals surface area contributed by atoms with Gasteiger partial charge in [0.05, 0.1) is 10.8 Å². The third-order valence-electron chi connectivity index (χ3n) is 4.57. The average molecular weight is 473 g/mol. The van der Waals surface area contributed by atoms with E-state index in [0.29, 0.717) is 26.8 Å². The van der Waals surface area contributed by atoms with E-state index in [2.05, 4.69) is 15.5 Å². The van der Waals surface area contributed by atoms with Gasteiger partial charge in [-0.05, 0) is 29.7 Å². The minimum absolute atomic E-state index is 0.116. The van der Waals surface area contributed by atoms with E-state index in [1.807, 2.05) is 49.5 Å². The van der Waals surface area contributed by atoms with Crippen molar-refractivity contribution in [2.75, 3.05) is 11.1 Å². The van der Waals surface area contributed by atoms with Gasteiger partial charge >= 0.3 is 0 Å². The molecule has 4 rings (SSSR count). The van der Waals surface area contributed by atoms with Crippen molar-refractivity contribution in [3.63, 3.8) is 0 Å². The van der Waals surface area contributed by atoms with Gasteiger partial charge in [-0.3, -0.25) is 4.79 Å². The monoisotopic (exact) mass is 472 g/mol. The van der Waals surface area contributed by atoms with Crippen LogP contribution in [0.25, 0.3) is 10.8 Å². The molecule has 0 bridgehead atoms. The topological polar surface area (TPSA) is 69.0 Å². The maximum atomic E-state index is 12.5. The Hall–Kier alpha value is -2.74. The molecule has 0 aliphatic carbocycles. The van der Waals surface area contributed by atoms with Crippen molar-refractivity contribution in [2.24, 2.45) is 7.05 Å². The Labute approximate surface area is 193 Å². The number of nitrogens with zero attached hydrogens (tertiary/aromatic N) is 3. The van der Waals surface area contributed by atoms with Crippen LogP contribution in [-0.4, -0.2) is 26.4 Å². The maximum Gasteiger partial charge on any atom is 0.234 e. The highest BCUT2D eigenvalue weighted by Crippen LogP contribution is 2.28. The Balaban J connectivity index is 1.35. The SMILES string of the molecule is Cn1c(COc2ccc(Cl)cc2Cl)nnc1SCC(=O)Nc1cccc2ccccc12. The number of nitrogens with one attached hydrogen (secondary N) is 1. The number of amides is 1. The number of rotatable bonds is 7. The van der Waals surface area contributed by atoms with Crippen molar-refractivity contribution in [1.29, 1.82) is 0 Å². The quantitative estimate of drug-likeness (QED) is 0.355. The number of carbonyl (C=O) groups excluding carboxylic acids is 1. The van der Waals surface area contributed by atoms with Crippen LogP contribution in [0, 0.1) is 0 Å². The van der Waals surface area contributed by atoms with E-state index in [4.69, 9.17) is 27.9 Å². The summed E-state index contributed by atoms with van der Waals surface area (Å²) in [5, 5.41) is 14.9. The molecule has 1 aromatic heterocycles. The molecule has 0 aliphatic heterocycles. The molecule has 6 nitrogen and oxygen atoms in total. The van der Waals surface area contributed by atoms with E-state index in [9.17, 15) is 4.79 Å². The van der Waals surface area contributed by atoms with Gasteiger partial charge in [0.25, 0.3) is 0 Å². The fourth-order valence-electron chi connectivity index (χ4n) is 2.98. The van der Waals surface area contributed by atoms with E-state index in [0.717, 1.165) is 16.5 Å². The molecule has 3 aromatic carbocycles. The Morgan fingerprint density at radius 1 is 1.10 bits per heavy atom. The van der Waals surface area contributed by atoms with Crippen LogP contribution in [0.4, 0.5) is 5.69 Å². The molecular weight excluding hydrogens is 455 g/mol. The fourth-order valence-corrected chi connectivity index (χ4v) is 4.17. The summed E-state index contributed by atoms with van der Waals surface area (Å²) >= 11 is 13.3. The minimum atomic E-state index is -0.116. The lowest BCUT2D eigenvalue weighted by Crippen LogP contribution is -2.14. The molecule has 4 aromatic rings. The summed E-state index contributed by atoms with van der Waals surface area (Å²) in [5.41, 5.74) is 0.788. The van der Waals surface area contributed by atoms with Crippen molar-refractivity contribution in [3.8, 4) is 5.75 Å². The summed E-state index contributed by atoms with van der Waals surface area (Å²) in [7, 11) is 1.83. The van der Waals surface area contributed by atoms with Crippen molar-refractivity contribution in [3.05, 3.63) is 76.5 Å². The van der Waals surface area contributed by atoms with Crippen LogP contribution >= 0.6 is 35.0 Å². The van der Waals surface area contributed by atoms with Gasteiger partial charge in [0.1, 0.15) is 12.4 Å². The molecule has 0 unspecified atom stereocenters. The molecule has 158 valence electrons. The molecule has 1 N–H and O–H groups in total. The first-order valence-corrected chi connectivity index (χ1v) is 11.1. The van der Waals surface area contributed by atoms with Gasteiger partial charge < -0.3 is 14.6 Å². The second-order valence-electron chi connectivity index (χ2n) is 6.68. The number of benzene rings is 3. The lowest BCUT2D eigenvalue weighted by atomic mass is 10.1. The molecule has 0 atom stereocenters. The molecule has 0 radical (unpaired) electrons. The number of ether oxygens (including phenoxy) is 1. The van der Waals surface area contributed by atoms with E-state index in [1.54, 1.807) is 22.8 Å². The molecular formula is C22H18Cl2N4O2S. The maximum absolute atomic E-state index is 12.5. The number of fused-ring (bicyclic) bond motifs is 1. The first-order chi connectivity index (χ1) is 15.0. The highest BCUT2D eigenvalue weighted by Gasteiger charge is 2.13. The van der Waals surface area contributed by atoms with Crippen molar-refractivity contribution < 1.29 is 9.53 Å². The first-order valence-electron chi connectivity index (χ1n) is 9.38. The number of aromatic nitrogens is 3. The number of halogens is 2. The predicted octanol–water partition coefficient (Wildman–Crippen LogP) is 5.58. The van der Waals surface area contributed by atoms with Gasteiger partial charge in [-0.25, -0.2) is 0 Å². The van der Waals surface area contributed by atoms with Crippen molar-refractivity contribution in [2.45, 2.75) is 11.8 Å². The van der Waals surface area contributed by atoms with E-state index < -0.39 is 0 Å². The third-order valence-corrected chi connectivity index (χ3v) is 6.12. The summed E-state index contributed by atoms with van der Waals surface area (Å²) < 4.78 is 7.51. The smallest absolute Gasteiger partial charge is 0.234 e. The van der Waals surface area contributed by atoms with Crippen LogP contribution in [0.5, 0.6) is 5.75 Å². The second-order valence-corrected chi connectivity index (χ2v) is 8.47. The normalized spacial score (nSPS) is 10.9. The first kappa shape index (κ1) is 21.5. The van der Waals surface area contributed by atoms with Crippen LogP contribution in [0.15, 0.2) is 65.8 Å². The van der Waals surface area contributed by atoms with Gasteiger partial charge in [-0.15, -0.1) is 10.2 Å². The van der Waals surface area contributed by atoms with Gasteiger partial charge in [0, 0.05) is 23.1 Å². The Morgan fingerprint density at radius 3 is 2.74 bits per heavy atom. The molecule has 0 aliphatic rings. The molecule has 1 amide bonds. The Bertz CT molecular complexity index is 1240. The molecule has 1 heterocycles. The van der Waals surface area contributed by atoms with Gasteiger partial charge in [0.15, 0.2) is 11.0 Å². The van der Waals surface area contributed by atoms with Crippen LogP contribution < -0.4 is 10.1 Å². The Kier molecular flexibility index (Phi) is 6.65. The summed E-state index contributed by atoms with van der Waals surface area (Å²) in [6, 6.07) is 18.8. The summed E-state index contributed by atoms with van der Waals surface area (Å²) in [5.74, 6) is 1.22. The molecule has 0 saturated heterocycles. The number of carbonyl (C=O) groups is 1. The minimum Gasteiger partial charge on any atom is -0.484 e. The van der Waals surface area contributed by atoms with E-state index in [-0.39, 0.29) is 18.3 Å². The zero-order valence-electron chi connectivity index (χ0n) is 16.5. The number of hydrogen-bond donors (Lipinski definition) is 1. The zero-order chi connectivity index (χ0) is 21.8. The largest absolute Gasteiger partial charge is 0.484 e. The molecule has 0 fully saturated rings. The van der Waals surface area contributed by atoms with E-state index in [1.165, 1.54) is 11.8 Å². The van der Waals surface area contributed by atoms with Crippen LogP contribution in [0.3, 0.4) is 0 Å². The van der Waals surface area contributed by atoms with Crippen LogP contribution in [-0.2, 0) is 18.4 Å². The molecule has 0 spiro atoms.